The summed E-state index contributed by atoms with van der Waals surface area (Å²) >= 11 is 0. The third-order valence-electron chi connectivity index (χ3n) is 4.35. The molecule has 0 radical (unpaired) electrons. The van der Waals surface area contributed by atoms with Crippen LogP contribution in [0.5, 0.6) is 11.5 Å². The van der Waals surface area contributed by atoms with Crippen molar-refractivity contribution in [1.82, 2.24) is 0 Å². The molecular weight excluding hydrogens is 278 g/mol. The molecule has 1 aliphatic carbocycles. The highest BCUT2D eigenvalue weighted by Crippen LogP contribution is 2.44. The van der Waals surface area contributed by atoms with Crippen molar-refractivity contribution in [1.29, 1.82) is 0 Å². The molecule has 0 aromatic heterocycles. The van der Waals surface area contributed by atoms with Crippen LogP contribution >= 0.6 is 0 Å². The second-order valence-corrected chi connectivity index (χ2v) is 6.47. The summed E-state index contributed by atoms with van der Waals surface area (Å²) in [4.78, 5) is 4.46. The van der Waals surface area contributed by atoms with Gasteiger partial charge in [0.2, 0.25) is 0 Å². The zero-order valence-corrected chi connectivity index (χ0v) is 13.3. The lowest BCUT2D eigenvalue weighted by atomic mass is 10.1. The van der Waals surface area contributed by atoms with Crippen molar-refractivity contribution in [2.24, 2.45) is 28.5 Å². The Bertz CT molecular complexity index is 557. The van der Waals surface area contributed by atoms with Crippen molar-refractivity contribution in [2.45, 2.75) is 26.7 Å². The Labute approximate surface area is 131 Å². The lowest BCUT2D eigenvalue weighted by molar-refractivity contribution is 0.297. The fraction of sp³-hybridized carbons (Fsp3) is 0.588. The van der Waals surface area contributed by atoms with Crippen LogP contribution in [0.2, 0.25) is 0 Å². The third kappa shape index (κ3) is 3.64. The summed E-state index contributed by atoms with van der Waals surface area (Å²) in [6.45, 7) is 6.73. The normalized spacial score (nSPS) is 24.0. The maximum atomic E-state index is 5.98. The molecule has 2 aliphatic rings. The van der Waals surface area contributed by atoms with Gasteiger partial charge in [0.15, 0.2) is 17.5 Å². The van der Waals surface area contributed by atoms with Crippen LogP contribution in [0.15, 0.2) is 23.2 Å². The summed E-state index contributed by atoms with van der Waals surface area (Å²) in [7, 11) is 0. The molecular formula is C17H25N3O2. The SMILES string of the molecule is CC(C)[C@@H]1C[C@H]1CN=C(N)Nc1ccc2c(c1)OCCCO2. The van der Waals surface area contributed by atoms with Crippen LogP contribution < -0.4 is 20.5 Å². The quantitative estimate of drug-likeness (QED) is 0.663. The molecule has 1 heterocycles. The fourth-order valence-electron chi connectivity index (χ4n) is 2.94. The van der Waals surface area contributed by atoms with Gasteiger partial charge in [-0.1, -0.05) is 13.8 Å². The number of fused-ring (bicyclic) bond motifs is 1. The maximum absolute atomic E-state index is 5.98. The molecule has 0 saturated heterocycles. The van der Waals surface area contributed by atoms with E-state index in [1.165, 1.54) is 6.42 Å². The van der Waals surface area contributed by atoms with Gasteiger partial charge >= 0.3 is 0 Å². The molecule has 1 saturated carbocycles. The maximum Gasteiger partial charge on any atom is 0.193 e. The molecule has 5 heteroatoms. The molecule has 1 fully saturated rings. The summed E-state index contributed by atoms with van der Waals surface area (Å²) in [5.41, 5.74) is 6.85. The number of hydrogen-bond acceptors (Lipinski definition) is 3. The highest BCUT2D eigenvalue weighted by atomic mass is 16.5. The Balaban J connectivity index is 1.57. The van der Waals surface area contributed by atoms with E-state index in [-0.39, 0.29) is 0 Å². The predicted molar refractivity (Wildman–Crippen MR) is 88.6 cm³/mol. The minimum absolute atomic E-state index is 0.462. The first-order valence-electron chi connectivity index (χ1n) is 8.10. The summed E-state index contributed by atoms with van der Waals surface area (Å²) < 4.78 is 11.3. The van der Waals surface area contributed by atoms with Crippen molar-refractivity contribution >= 4 is 11.6 Å². The summed E-state index contributed by atoms with van der Waals surface area (Å²) in [6.07, 6.45) is 2.18. The minimum Gasteiger partial charge on any atom is -0.490 e. The number of anilines is 1. The van der Waals surface area contributed by atoms with Crippen LogP contribution in [0, 0.1) is 17.8 Å². The molecule has 22 heavy (non-hydrogen) atoms. The van der Waals surface area contributed by atoms with E-state index in [4.69, 9.17) is 15.2 Å². The van der Waals surface area contributed by atoms with E-state index in [0.717, 1.165) is 42.0 Å². The number of hydrogen-bond donors (Lipinski definition) is 2. The van der Waals surface area contributed by atoms with E-state index in [1.54, 1.807) is 0 Å². The van der Waals surface area contributed by atoms with Gasteiger partial charge in [0.25, 0.3) is 0 Å². The lowest BCUT2D eigenvalue weighted by Crippen LogP contribution is -2.23. The van der Waals surface area contributed by atoms with Gasteiger partial charge in [-0.25, -0.2) is 0 Å². The zero-order chi connectivity index (χ0) is 15.5. The molecule has 1 aliphatic heterocycles. The molecule has 0 unspecified atom stereocenters. The van der Waals surface area contributed by atoms with Crippen LogP contribution in [0.25, 0.3) is 0 Å². The Morgan fingerprint density at radius 1 is 1.32 bits per heavy atom. The van der Waals surface area contributed by atoms with Crippen LogP contribution in [0.4, 0.5) is 5.69 Å². The fourth-order valence-corrected chi connectivity index (χ4v) is 2.94. The van der Waals surface area contributed by atoms with Gasteiger partial charge in [-0.05, 0) is 36.3 Å². The lowest BCUT2D eigenvalue weighted by Gasteiger charge is -2.10. The van der Waals surface area contributed by atoms with E-state index < -0.39 is 0 Å². The number of aliphatic imine (C=N–C) groups is 1. The molecule has 0 spiro atoms. The van der Waals surface area contributed by atoms with E-state index in [0.29, 0.717) is 25.1 Å². The van der Waals surface area contributed by atoms with E-state index in [9.17, 15) is 0 Å². The van der Waals surface area contributed by atoms with Crippen molar-refractivity contribution in [3.8, 4) is 11.5 Å². The second-order valence-electron chi connectivity index (χ2n) is 6.47. The van der Waals surface area contributed by atoms with Crippen LogP contribution in [-0.2, 0) is 0 Å². The van der Waals surface area contributed by atoms with Gasteiger partial charge in [-0.3, -0.25) is 4.99 Å². The summed E-state index contributed by atoms with van der Waals surface area (Å²) in [6, 6.07) is 5.76. The van der Waals surface area contributed by atoms with E-state index in [1.807, 2.05) is 18.2 Å². The van der Waals surface area contributed by atoms with Gasteiger partial charge < -0.3 is 20.5 Å². The molecule has 1 aromatic rings. The Morgan fingerprint density at radius 3 is 2.82 bits per heavy atom. The summed E-state index contributed by atoms with van der Waals surface area (Å²) in [5, 5.41) is 3.13. The molecule has 0 amide bonds. The van der Waals surface area contributed by atoms with Gasteiger partial charge in [-0.2, -0.15) is 0 Å². The number of ether oxygens (including phenoxy) is 2. The second kappa shape index (κ2) is 6.46. The molecule has 120 valence electrons. The standard InChI is InChI=1S/C17H25N3O2/c1-11(2)14-8-12(14)10-19-17(18)20-13-4-5-15-16(9-13)22-7-3-6-21-15/h4-5,9,11-12,14H,3,6-8,10H2,1-2H3,(H3,18,19,20)/t12-,14-/m0/s1. The molecule has 2 atom stereocenters. The average molecular weight is 303 g/mol. The van der Waals surface area contributed by atoms with Crippen molar-refractivity contribution < 1.29 is 9.47 Å². The summed E-state index contributed by atoms with van der Waals surface area (Å²) in [5.74, 6) is 4.27. The highest BCUT2D eigenvalue weighted by molar-refractivity contribution is 5.92. The monoisotopic (exact) mass is 303 g/mol. The number of nitrogens with zero attached hydrogens (tertiary/aromatic N) is 1. The largest absolute Gasteiger partial charge is 0.490 e. The van der Waals surface area contributed by atoms with Crippen molar-refractivity contribution in [2.75, 3.05) is 25.1 Å². The third-order valence-corrected chi connectivity index (χ3v) is 4.35. The molecule has 5 nitrogen and oxygen atoms in total. The first kappa shape index (κ1) is 15.0. The van der Waals surface area contributed by atoms with Crippen LogP contribution in [0.1, 0.15) is 26.7 Å². The highest BCUT2D eigenvalue weighted by Gasteiger charge is 2.38. The zero-order valence-electron chi connectivity index (χ0n) is 13.3. The number of rotatable bonds is 4. The Hall–Kier alpha value is -1.91. The minimum atomic E-state index is 0.462. The number of benzene rings is 1. The van der Waals surface area contributed by atoms with Crippen LogP contribution in [-0.4, -0.2) is 25.7 Å². The van der Waals surface area contributed by atoms with E-state index in [2.05, 4.69) is 24.2 Å². The molecule has 3 rings (SSSR count). The van der Waals surface area contributed by atoms with Gasteiger partial charge in [0.1, 0.15) is 0 Å². The number of nitrogens with one attached hydrogen (secondary N) is 1. The Morgan fingerprint density at radius 2 is 2.09 bits per heavy atom. The smallest absolute Gasteiger partial charge is 0.193 e. The first-order chi connectivity index (χ1) is 10.6. The topological polar surface area (TPSA) is 68.9 Å². The Kier molecular flexibility index (Phi) is 4.41. The van der Waals surface area contributed by atoms with Crippen molar-refractivity contribution in [3.05, 3.63) is 18.2 Å². The van der Waals surface area contributed by atoms with Crippen LogP contribution in [0.3, 0.4) is 0 Å². The number of guanidine groups is 1. The average Bonchev–Trinajstić information content (AvgIpc) is 3.28. The first-order valence-corrected chi connectivity index (χ1v) is 8.10. The predicted octanol–water partition coefficient (Wildman–Crippen LogP) is 2.87. The molecule has 0 bridgehead atoms. The van der Waals surface area contributed by atoms with Gasteiger partial charge in [0, 0.05) is 24.7 Å². The van der Waals surface area contributed by atoms with E-state index >= 15 is 0 Å². The van der Waals surface area contributed by atoms with Crippen molar-refractivity contribution in [3.63, 3.8) is 0 Å². The van der Waals surface area contributed by atoms with Gasteiger partial charge in [0.05, 0.1) is 13.2 Å². The molecule has 3 N–H and O–H groups in total. The van der Waals surface area contributed by atoms with Gasteiger partial charge in [-0.15, -0.1) is 0 Å². The number of nitrogens with two attached hydrogens (primary N) is 1. The molecule has 1 aromatic carbocycles.